The molecule has 1 aliphatic rings. The van der Waals surface area contributed by atoms with E-state index >= 15 is 0 Å². The fourth-order valence-corrected chi connectivity index (χ4v) is 2.66. The van der Waals surface area contributed by atoms with Gasteiger partial charge in [-0.25, -0.2) is 0 Å². The number of hydrogen-bond donors (Lipinski definition) is 5. The Morgan fingerprint density at radius 2 is 1.46 bits per heavy atom. The van der Waals surface area contributed by atoms with E-state index in [1.54, 1.807) is 31.2 Å². The topological polar surface area (TPSA) is 127 Å². The van der Waals surface area contributed by atoms with E-state index in [9.17, 15) is 30.0 Å². The number of carbonyl (C=O) groups excluding carboxylic acids is 2. The Bertz CT molecular complexity index is 991. The molecule has 0 aliphatic carbocycles. The second-order valence-corrected chi connectivity index (χ2v) is 8.15. The summed E-state index contributed by atoms with van der Waals surface area (Å²) in [6, 6.07) is 0. The van der Waals surface area contributed by atoms with Crippen LogP contribution in [0.1, 0.15) is 20.8 Å². The van der Waals surface area contributed by atoms with Crippen molar-refractivity contribution >= 4 is 11.7 Å². The molecule has 0 bridgehead atoms. The van der Waals surface area contributed by atoms with Gasteiger partial charge in [0.25, 0.3) is 0 Å². The third-order valence-electron chi connectivity index (χ3n) is 4.78. The van der Waals surface area contributed by atoms with Crippen molar-refractivity contribution in [2.45, 2.75) is 39.1 Å². The van der Waals surface area contributed by atoms with Crippen LogP contribution in [0.3, 0.4) is 0 Å². The number of hydrogen-bond acceptors (Lipinski definition) is 6. The predicted octanol–water partition coefficient (Wildman–Crippen LogP) is 3.08. The van der Waals surface area contributed by atoms with E-state index in [0.717, 1.165) is 17.7 Å². The standard InChI is InChI=1S/C28H35NO6/c1-20-10-5-4-6-12-22(3)19-29-26(33)18-23(30)17-16-21(2)13-9-15-25(32)28(35)27(34)24(31)14-8-7-11-20/h4-18,22,25,27-28,30,32,34-35H,19H2,1-3H3,(H,29,33)/b5-4-,11-7-,12-6-,14-8-,15-9-,17-16-,20-10-,21-13-,23-18+. The van der Waals surface area contributed by atoms with E-state index in [0.29, 0.717) is 12.1 Å². The van der Waals surface area contributed by atoms with Gasteiger partial charge in [-0.2, -0.15) is 0 Å². The second kappa shape index (κ2) is 16.2. The first-order chi connectivity index (χ1) is 16.6. The summed E-state index contributed by atoms with van der Waals surface area (Å²) < 4.78 is 0. The van der Waals surface area contributed by atoms with Crippen LogP contribution in [0.15, 0.2) is 108 Å². The molecule has 1 rings (SSSR count). The van der Waals surface area contributed by atoms with Gasteiger partial charge in [-0.3, -0.25) is 9.59 Å². The van der Waals surface area contributed by atoms with Gasteiger partial charge >= 0.3 is 0 Å². The number of aliphatic hydroxyl groups is 4. The maximum Gasteiger partial charge on any atom is 0.247 e. The van der Waals surface area contributed by atoms with Crippen LogP contribution in [0.5, 0.6) is 0 Å². The summed E-state index contributed by atoms with van der Waals surface area (Å²) in [5.74, 6) is -1.30. The highest BCUT2D eigenvalue weighted by molar-refractivity contribution is 5.94. The van der Waals surface area contributed by atoms with E-state index in [1.807, 2.05) is 44.2 Å². The highest BCUT2D eigenvalue weighted by Gasteiger charge is 2.27. The number of rotatable bonds is 0. The van der Waals surface area contributed by atoms with Gasteiger partial charge < -0.3 is 25.7 Å². The number of aliphatic hydroxyl groups excluding tert-OH is 4. The number of ketones is 1. The van der Waals surface area contributed by atoms with Crippen molar-refractivity contribution in [1.29, 1.82) is 0 Å². The summed E-state index contributed by atoms with van der Waals surface area (Å²) in [6.07, 6.45) is 18.6. The normalized spacial score (nSPS) is 36.1. The van der Waals surface area contributed by atoms with Crippen LogP contribution in [-0.4, -0.2) is 57.0 Å². The van der Waals surface area contributed by atoms with Crippen LogP contribution in [0.25, 0.3) is 0 Å². The lowest BCUT2D eigenvalue weighted by Crippen LogP contribution is -2.40. The molecule has 4 atom stereocenters. The zero-order valence-electron chi connectivity index (χ0n) is 20.3. The molecule has 0 aromatic heterocycles. The Labute approximate surface area is 206 Å². The number of amides is 1. The van der Waals surface area contributed by atoms with Gasteiger partial charge in [0, 0.05) is 12.6 Å². The lowest BCUT2D eigenvalue weighted by atomic mass is 10.0. The molecule has 1 amide bonds. The molecule has 0 saturated heterocycles. The largest absolute Gasteiger partial charge is 0.508 e. The zero-order chi connectivity index (χ0) is 26.2. The molecule has 0 fully saturated rings. The fourth-order valence-electron chi connectivity index (χ4n) is 2.66. The first kappa shape index (κ1) is 29.5. The molecule has 7 heteroatoms. The maximum atomic E-state index is 12.1. The first-order valence-corrected chi connectivity index (χ1v) is 11.3. The molecule has 0 aromatic carbocycles. The average Bonchev–Trinajstić information content (AvgIpc) is 2.82. The van der Waals surface area contributed by atoms with Gasteiger partial charge in [0.15, 0.2) is 5.78 Å². The van der Waals surface area contributed by atoms with Gasteiger partial charge in [0.1, 0.15) is 24.1 Å². The molecule has 0 saturated carbocycles. The summed E-state index contributed by atoms with van der Waals surface area (Å²) >= 11 is 0. The van der Waals surface area contributed by atoms with E-state index in [4.69, 9.17) is 0 Å². The van der Waals surface area contributed by atoms with Gasteiger partial charge in [-0.05, 0) is 31.9 Å². The highest BCUT2D eigenvalue weighted by Crippen LogP contribution is 2.06. The predicted molar refractivity (Wildman–Crippen MR) is 138 cm³/mol. The van der Waals surface area contributed by atoms with E-state index in [-0.39, 0.29) is 11.7 Å². The van der Waals surface area contributed by atoms with Crippen LogP contribution in [0, 0.1) is 5.92 Å². The van der Waals surface area contributed by atoms with Crippen LogP contribution in [-0.2, 0) is 9.59 Å². The van der Waals surface area contributed by atoms with Gasteiger partial charge in [-0.15, -0.1) is 0 Å². The van der Waals surface area contributed by atoms with E-state index in [1.165, 1.54) is 24.3 Å². The van der Waals surface area contributed by atoms with Gasteiger partial charge in [0.05, 0.1) is 0 Å². The fraction of sp³-hybridized carbons (Fsp3) is 0.286. The molecule has 1 aliphatic heterocycles. The monoisotopic (exact) mass is 481 g/mol. The van der Waals surface area contributed by atoms with Crippen molar-refractivity contribution in [3.8, 4) is 0 Å². The summed E-state index contributed by atoms with van der Waals surface area (Å²) in [5, 5.41) is 42.8. The third-order valence-corrected chi connectivity index (χ3v) is 4.78. The van der Waals surface area contributed by atoms with Crippen molar-refractivity contribution in [1.82, 2.24) is 5.32 Å². The molecule has 0 spiro atoms. The van der Waals surface area contributed by atoms with Crippen LogP contribution in [0.4, 0.5) is 0 Å². The van der Waals surface area contributed by atoms with Crippen LogP contribution in [0.2, 0.25) is 0 Å². The van der Waals surface area contributed by atoms with Crippen molar-refractivity contribution in [3.05, 3.63) is 108 Å². The number of carbonyl (C=O) groups is 2. The van der Waals surface area contributed by atoms with Gasteiger partial charge in [0.2, 0.25) is 5.91 Å². The molecule has 5 N–H and O–H groups in total. The molecule has 1 heterocycles. The highest BCUT2D eigenvalue weighted by atomic mass is 16.4. The lowest BCUT2D eigenvalue weighted by Gasteiger charge is -2.18. The van der Waals surface area contributed by atoms with E-state index < -0.39 is 30.0 Å². The minimum Gasteiger partial charge on any atom is -0.508 e. The summed E-state index contributed by atoms with van der Waals surface area (Å²) in [5.41, 5.74) is 1.59. The second-order valence-electron chi connectivity index (χ2n) is 8.15. The minimum atomic E-state index is -1.79. The Hall–Kier alpha value is -3.52. The van der Waals surface area contributed by atoms with Crippen LogP contribution < -0.4 is 5.32 Å². The van der Waals surface area contributed by atoms with Crippen molar-refractivity contribution in [2.75, 3.05) is 6.54 Å². The number of nitrogens with one attached hydrogen (secondary N) is 1. The minimum absolute atomic E-state index is 0.0853. The lowest BCUT2D eigenvalue weighted by molar-refractivity contribution is -0.131. The molecule has 7 nitrogen and oxygen atoms in total. The van der Waals surface area contributed by atoms with E-state index in [2.05, 4.69) is 5.32 Å². The average molecular weight is 482 g/mol. The number of allylic oxidation sites excluding steroid dienone is 13. The Balaban J connectivity index is 3.09. The Kier molecular flexibility index (Phi) is 13.6. The smallest absolute Gasteiger partial charge is 0.247 e. The Morgan fingerprint density at radius 3 is 2.20 bits per heavy atom. The summed E-state index contributed by atoms with van der Waals surface area (Å²) in [6.45, 7) is 5.96. The molecule has 35 heavy (non-hydrogen) atoms. The third kappa shape index (κ3) is 13.1. The SMILES string of the molecule is CC1=C/C=C\C=C/C(C)CNC(=O)\C=C(O)/C=C\C(C)=C/C=C\C(O)C(O)C(O)C(=O)\C=C/C=C\1. The summed E-state index contributed by atoms with van der Waals surface area (Å²) in [7, 11) is 0. The molecule has 188 valence electrons. The first-order valence-electron chi connectivity index (χ1n) is 11.3. The molecular weight excluding hydrogens is 446 g/mol. The molecular formula is C28H35NO6. The quantitative estimate of drug-likeness (QED) is 0.362. The molecule has 0 radical (unpaired) electrons. The maximum absolute atomic E-state index is 12.1. The van der Waals surface area contributed by atoms with Crippen molar-refractivity contribution in [3.63, 3.8) is 0 Å². The Morgan fingerprint density at radius 1 is 0.800 bits per heavy atom. The van der Waals surface area contributed by atoms with Crippen molar-refractivity contribution < 1.29 is 30.0 Å². The molecule has 0 aromatic rings. The van der Waals surface area contributed by atoms with Crippen LogP contribution >= 0.6 is 0 Å². The molecule has 4 unspecified atom stereocenters. The van der Waals surface area contributed by atoms with Gasteiger partial charge in [-0.1, -0.05) is 91.0 Å². The zero-order valence-corrected chi connectivity index (χ0v) is 20.3. The van der Waals surface area contributed by atoms with Crippen molar-refractivity contribution in [2.24, 2.45) is 5.92 Å². The summed E-state index contributed by atoms with van der Waals surface area (Å²) in [4.78, 5) is 24.0.